The van der Waals surface area contributed by atoms with Gasteiger partial charge in [0.05, 0.1) is 10.6 Å². The highest BCUT2D eigenvalue weighted by Crippen LogP contribution is 2.31. The number of thiazole rings is 1. The zero-order valence-electron chi connectivity index (χ0n) is 15.7. The van der Waals surface area contributed by atoms with Crippen LogP contribution in [0.5, 0.6) is 0 Å². The Morgan fingerprint density at radius 1 is 0.964 bits per heavy atom. The topological polar surface area (TPSA) is 72.0 Å². The van der Waals surface area contributed by atoms with E-state index in [2.05, 4.69) is 14.7 Å². The highest BCUT2D eigenvalue weighted by atomic mass is 32.2. The van der Waals surface area contributed by atoms with Gasteiger partial charge < -0.3 is 0 Å². The van der Waals surface area contributed by atoms with E-state index in [1.165, 1.54) is 11.3 Å². The molecule has 0 aliphatic carbocycles. The van der Waals surface area contributed by atoms with Gasteiger partial charge in [0.15, 0.2) is 0 Å². The molecule has 0 saturated heterocycles. The number of sulfonamides is 1. The zero-order valence-corrected chi connectivity index (χ0v) is 17.4. The number of rotatable bonds is 4. The number of anilines is 1. The largest absolute Gasteiger partial charge is 0.279 e. The Hall–Kier alpha value is -2.77. The van der Waals surface area contributed by atoms with Crippen molar-refractivity contribution in [1.82, 2.24) is 9.97 Å². The summed E-state index contributed by atoms with van der Waals surface area (Å²) in [6.07, 6.45) is 1.75. The summed E-state index contributed by atoms with van der Waals surface area (Å²) in [5.41, 5.74) is 5.02. The van der Waals surface area contributed by atoms with Crippen LogP contribution in [0.2, 0.25) is 0 Å². The summed E-state index contributed by atoms with van der Waals surface area (Å²) in [5.74, 6) is 0. The molecule has 2 heterocycles. The Labute approximate surface area is 168 Å². The fraction of sp³-hybridized carbons (Fsp3) is 0.143. The van der Waals surface area contributed by atoms with Gasteiger partial charge in [-0.1, -0.05) is 17.4 Å². The van der Waals surface area contributed by atoms with Crippen LogP contribution >= 0.6 is 11.3 Å². The minimum absolute atomic E-state index is 0.269. The molecule has 5 nitrogen and oxygen atoms in total. The summed E-state index contributed by atoms with van der Waals surface area (Å²) in [6, 6.07) is 14.7. The number of aromatic nitrogens is 2. The summed E-state index contributed by atoms with van der Waals surface area (Å²) < 4.78 is 28.3. The van der Waals surface area contributed by atoms with Crippen LogP contribution in [-0.4, -0.2) is 18.4 Å². The summed E-state index contributed by atoms with van der Waals surface area (Å²) in [4.78, 5) is 10.1. The Balaban J connectivity index is 1.66. The van der Waals surface area contributed by atoms with Crippen molar-refractivity contribution in [2.75, 3.05) is 4.72 Å². The SMILES string of the molecule is Cc1cc(C)cc(S(=O)(=O)Nc2ccc(-c3nc4cccnc4s3)cc2C)c1. The molecule has 142 valence electrons. The fourth-order valence-electron chi connectivity index (χ4n) is 3.10. The predicted molar refractivity (Wildman–Crippen MR) is 114 cm³/mol. The molecule has 1 N–H and O–H groups in total. The highest BCUT2D eigenvalue weighted by molar-refractivity contribution is 7.92. The molecule has 0 saturated carbocycles. The quantitative estimate of drug-likeness (QED) is 0.510. The first kappa shape index (κ1) is 18.6. The average Bonchev–Trinajstić information content (AvgIpc) is 3.06. The van der Waals surface area contributed by atoms with Gasteiger partial charge in [-0.25, -0.2) is 18.4 Å². The molecular weight excluding hydrogens is 390 g/mol. The van der Waals surface area contributed by atoms with E-state index in [4.69, 9.17) is 0 Å². The lowest BCUT2D eigenvalue weighted by atomic mass is 10.1. The maximum atomic E-state index is 12.8. The minimum atomic E-state index is -3.65. The Bertz CT molecular complexity index is 1240. The molecule has 0 bridgehead atoms. The molecule has 28 heavy (non-hydrogen) atoms. The predicted octanol–water partition coefficient (Wildman–Crippen LogP) is 5.08. The summed E-state index contributed by atoms with van der Waals surface area (Å²) in [7, 11) is -3.65. The van der Waals surface area contributed by atoms with Crippen molar-refractivity contribution in [2.24, 2.45) is 0 Å². The zero-order chi connectivity index (χ0) is 19.9. The van der Waals surface area contributed by atoms with Crippen LogP contribution in [0.25, 0.3) is 20.9 Å². The molecule has 7 heteroatoms. The van der Waals surface area contributed by atoms with Gasteiger partial charge in [-0.2, -0.15) is 0 Å². The van der Waals surface area contributed by atoms with Gasteiger partial charge >= 0.3 is 0 Å². The molecule has 4 rings (SSSR count). The molecular formula is C21H19N3O2S2. The van der Waals surface area contributed by atoms with E-state index in [1.807, 2.05) is 51.1 Å². The molecule has 0 radical (unpaired) electrons. The third-order valence-electron chi connectivity index (χ3n) is 4.39. The molecule has 4 aromatic rings. The molecule has 0 spiro atoms. The molecule has 2 aromatic carbocycles. The van der Waals surface area contributed by atoms with E-state index < -0.39 is 10.0 Å². The van der Waals surface area contributed by atoms with E-state index in [1.54, 1.807) is 24.4 Å². The fourth-order valence-corrected chi connectivity index (χ4v) is 5.32. The number of nitrogens with one attached hydrogen (secondary N) is 1. The van der Waals surface area contributed by atoms with Gasteiger partial charge in [-0.05, 0) is 79.9 Å². The number of aryl methyl sites for hydroxylation is 3. The van der Waals surface area contributed by atoms with E-state index >= 15 is 0 Å². The number of fused-ring (bicyclic) bond motifs is 1. The molecule has 0 atom stereocenters. The van der Waals surface area contributed by atoms with Gasteiger partial charge in [0.25, 0.3) is 10.0 Å². The van der Waals surface area contributed by atoms with Crippen LogP contribution in [0, 0.1) is 20.8 Å². The Morgan fingerprint density at radius 2 is 1.71 bits per heavy atom. The highest BCUT2D eigenvalue weighted by Gasteiger charge is 2.17. The number of pyridine rings is 1. The van der Waals surface area contributed by atoms with Crippen LogP contribution in [0.4, 0.5) is 5.69 Å². The van der Waals surface area contributed by atoms with Crippen LogP contribution in [0.3, 0.4) is 0 Å². The van der Waals surface area contributed by atoms with E-state index in [0.717, 1.165) is 37.6 Å². The lowest BCUT2D eigenvalue weighted by Gasteiger charge is -2.12. The van der Waals surface area contributed by atoms with E-state index in [-0.39, 0.29) is 4.90 Å². The first-order chi connectivity index (χ1) is 13.3. The second-order valence-corrected chi connectivity index (χ2v) is 9.47. The third-order valence-corrected chi connectivity index (χ3v) is 6.76. The number of hydrogen-bond donors (Lipinski definition) is 1. The average molecular weight is 410 g/mol. The Kier molecular flexibility index (Phi) is 4.64. The van der Waals surface area contributed by atoms with Gasteiger partial charge in [0, 0.05) is 11.8 Å². The van der Waals surface area contributed by atoms with E-state index in [9.17, 15) is 8.42 Å². The number of nitrogens with zero attached hydrogens (tertiary/aromatic N) is 2. The van der Waals surface area contributed by atoms with E-state index in [0.29, 0.717) is 5.69 Å². The smallest absolute Gasteiger partial charge is 0.261 e. The monoisotopic (exact) mass is 409 g/mol. The molecule has 0 fully saturated rings. The van der Waals surface area contributed by atoms with Crippen LogP contribution in [0.1, 0.15) is 16.7 Å². The van der Waals surface area contributed by atoms with Crippen molar-refractivity contribution in [3.63, 3.8) is 0 Å². The van der Waals surface area contributed by atoms with Crippen LogP contribution in [0.15, 0.2) is 59.6 Å². The first-order valence-corrected chi connectivity index (χ1v) is 11.1. The van der Waals surface area contributed by atoms with Crippen LogP contribution in [-0.2, 0) is 10.0 Å². The normalized spacial score (nSPS) is 11.7. The number of benzene rings is 2. The van der Waals surface area contributed by atoms with Gasteiger partial charge in [-0.15, -0.1) is 0 Å². The summed E-state index contributed by atoms with van der Waals surface area (Å²) in [6.45, 7) is 5.66. The van der Waals surface area contributed by atoms with Crippen molar-refractivity contribution in [3.05, 3.63) is 71.4 Å². The second kappa shape index (κ2) is 7.00. The van der Waals surface area contributed by atoms with Crippen LogP contribution < -0.4 is 4.72 Å². The van der Waals surface area contributed by atoms with Crippen molar-refractivity contribution in [2.45, 2.75) is 25.7 Å². The van der Waals surface area contributed by atoms with Gasteiger partial charge in [-0.3, -0.25) is 4.72 Å². The molecule has 0 aliphatic rings. The van der Waals surface area contributed by atoms with Crippen molar-refractivity contribution >= 4 is 37.4 Å². The molecule has 0 amide bonds. The summed E-state index contributed by atoms with van der Waals surface area (Å²) in [5, 5.41) is 0.862. The van der Waals surface area contributed by atoms with Gasteiger partial charge in [0.2, 0.25) is 0 Å². The molecule has 0 aliphatic heterocycles. The van der Waals surface area contributed by atoms with Gasteiger partial charge in [0.1, 0.15) is 15.4 Å². The van der Waals surface area contributed by atoms with Crippen molar-refractivity contribution in [3.8, 4) is 10.6 Å². The number of hydrogen-bond acceptors (Lipinski definition) is 5. The maximum absolute atomic E-state index is 12.8. The Morgan fingerprint density at radius 3 is 2.39 bits per heavy atom. The molecule has 2 aromatic heterocycles. The van der Waals surface area contributed by atoms with Crippen molar-refractivity contribution in [1.29, 1.82) is 0 Å². The lowest BCUT2D eigenvalue weighted by molar-refractivity contribution is 0.601. The third kappa shape index (κ3) is 3.63. The molecule has 0 unspecified atom stereocenters. The second-order valence-electron chi connectivity index (χ2n) is 6.81. The standard InChI is InChI=1S/C21H19N3O2S2/c1-13-9-14(2)11-17(10-13)28(25,26)24-18-7-6-16(12-15(18)3)20-23-19-5-4-8-22-21(19)27-20/h4-12,24H,1-3H3. The van der Waals surface area contributed by atoms with Crippen molar-refractivity contribution < 1.29 is 8.42 Å². The minimum Gasteiger partial charge on any atom is -0.279 e. The first-order valence-electron chi connectivity index (χ1n) is 8.75. The summed E-state index contributed by atoms with van der Waals surface area (Å²) >= 11 is 1.52. The maximum Gasteiger partial charge on any atom is 0.261 e. The lowest BCUT2D eigenvalue weighted by Crippen LogP contribution is -2.14.